The minimum absolute atomic E-state index is 0.142. The lowest BCUT2D eigenvalue weighted by Crippen LogP contribution is -2.34. The van der Waals surface area contributed by atoms with Crippen LogP contribution in [-0.2, 0) is 0 Å². The van der Waals surface area contributed by atoms with Gasteiger partial charge in [-0.15, -0.1) is 0 Å². The van der Waals surface area contributed by atoms with Gasteiger partial charge < -0.3 is 15.1 Å². The molecule has 1 aliphatic rings. The summed E-state index contributed by atoms with van der Waals surface area (Å²) in [5.41, 5.74) is 0.380. The lowest BCUT2D eigenvalue weighted by Gasteiger charge is -2.13. The van der Waals surface area contributed by atoms with Gasteiger partial charge in [0.1, 0.15) is 6.26 Å². The van der Waals surface area contributed by atoms with E-state index in [0.717, 1.165) is 32.2 Å². The molecule has 0 radical (unpaired) electrons. The van der Waals surface area contributed by atoms with Gasteiger partial charge in [0.05, 0.1) is 6.04 Å². The van der Waals surface area contributed by atoms with Crippen LogP contribution in [0.25, 0.3) is 0 Å². The van der Waals surface area contributed by atoms with Gasteiger partial charge in [0, 0.05) is 6.04 Å². The van der Waals surface area contributed by atoms with Crippen molar-refractivity contribution in [2.45, 2.75) is 51.6 Å². The van der Waals surface area contributed by atoms with Crippen molar-refractivity contribution in [3.05, 3.63) is 17.8 Å². The molecule has 1 atom stereocenters. The molecule has 2 rings (SSSR count). The zero-order chi connectivity index (χ0) is 13.0. The summed E-state index contributed by atoms with van der Waals surface area (Å²) in [6.07, 6.45) is 5.46. The third kappa shape index (κ3) is 2.90. The summed E-state index contributed by atoms with van der Waals surface area (Å²) in [5.74, 6) is 0.485. The van der Waals surface area contributed by atoms with Crippen LogP contribution in [0.5, 0.6) is 0 Å². The quantitative estimate of drug-likeness (QED) is 0.840. The second kappa shape index (κ2) is 6.00. The Hall–Kier alpha value is -1.36. The number of hydrogen-bond donors (Lipinski definition) is 2. The number of carbonyl (C=O) groups excluding carboxylic acids is 1. The van der Waals surface area contributed by atoms with Crippen LogP contribution in [0, 0.1) is 0 Å². The van der Waals surface area contributed by atoms with Gasteiger partial charge in [-0.05, 0) is 32.2 Å². The van der Waals surface area contributed by atoms with Gasteiger partial charge in [0.2, 0.25) is 5.89 Å². The molecule has 1 aliphatic heterocycles. The molecule has 2 N–H and O–H groups in total. The molecular weight excluding hydrogens is 230 g/mol. The molecule has 0 bridgehead atoms. The Morgan fingerprint density at radius 3 is 3.00 bits per heavy atom. The first kappa shape index (κ1) is 13.1. The summed E-state index contributed by atoms with van der Waals surface area (Å²) >= 11 is 0. The third-order valence-electron chi connectivity index (χ3n) is 3.43. The number of aromatic nitrogens is 1. The average molecular weight is 251 g/mol. The fourth-order valence-electron chi connectivity index (χ4n) is 2.20. The number of amides is 1. The summed E-state index contributed by atoms with van der Waals surface area (Å²) in [6, 6.07) is 0.377. The van der Waals surface area contributed by atoms with E-state index >= 15 is 0 Å². The predicted molar refractivity (Wildman–Crippen MR) is 68.3 cm³/mol. The molecule has 5 nitrogen and oxygen atoms in total. The first-order valence-electron chi connectivity index (χ1n) is 6.74. The summed E-state index contributed by atoms with van der Waals surface area (Å²) in [4.78, 5) is 16.2. The molecule has 1 aromatic rings. The Kier molecular flexibility index (Phi) is 4.36. The highest BCUT2D eigenvalue weighted by molar-refractivity contribution is 5.92. The van der Waals surface area contributed by atoms with E-state index < -0.39 is 0 Å². The number of nitrogens with zero attached hydrogens (tertiary/aromatic N) is 1. The monoisotopic (exact) mass is 251 g/mol. The minimum Gasteiger partial charge on any atom is -0.446 e. The van der Waals surface area contributed by atoms with Crippen molar-refractivity contribution in [2.75, 3.05) is 6.54 Å². The highest BCUT2D eigenvalue weighted by Crippen LogP contribution is 2.22. The maximum Gasteiger partial charge on any atom is 0.273 e. The first-order chi connectivity index (χ1) is 8.74. The summed E-state index contributed by atoms with van der Waals surface area (Å²) in [6.45, 7) is 5.11. The Balaban J connectivity index is 1.98. The van der Waals surface area contributed by atoms with E-state index in [9.17, 15) is 4.79 Å². The Morgan fingerprint density at radius 1 is 1.61 bits per heavy atom. The number of carbonyl (C=O) groups is 1. The van der Waals surface area contributed by atoms with Crippen LogP contribution in [0.2, 0.25) is 0 Å². The van der Waals surface area contributed by atoms with E-state index in [1.807, 2.05) is 0 Å². The molecule has 1 amide bonds. The normalized spacial score (nSPS) is 19.4. The van der Waals surface area contributed by atoms with Gasteiger partial charge in [-0.1, -0.05) is 13.8 Å². The molecule has 1 fully saturated rings. The molecule has 0 aliphatic carbocycles. The molecule has 1 saturated heterocycles. The smallest absolute Gasteiger partial charge is 0.273 e. The molecule has 0 spiro atoms. The van der Waals surface area contributed by atoms with Crippen molar-refractivity contribution in [3.63, 3.8) is 0 Å². The summed E-state index contributed by atoms with van der Waals surface area (Å²) < 4.78 is 5.38. The topological polar surface area (TPSA) is 67.2 Å². The molecule has 5 heteroatoms. The minimum atomic E-state index is -0.142. The lowest BCUT2D eigenvalue weighted by atomic mass is 10.2. The summed E-state index contributed by atoms with van der Waals surface area (Å²) in [7, 11) is 0. The molecule has 18 heavy (non-hydrogen) atoms. The van der Waals surface area contributed by atoms with Crippen LogP contribution < -0.4 is 10.6 Å². The average Bonchev–Trinajstić information content (AvgIpc) is 3.04. The predicted octanol–water partition coefficient (Wildman–Crippen LogP) is 2.02. The zero-order valence-electron chi connectivity index (χ0n) is 11.0. The van der Waals surface area contributed by atoms with Crippen molar-refractivity contribution < 1.29 is 9.21 Å². The highest BCUT2D eigenvalue weighted by Gasteiger charge is 2.23. The highest BCUT2D eigenvalue weighted by atomic mass is 16.3. The fraction of sp³-hybridized carbons (Fsp3) is 0.692. The fourth-order valence-corrected chi connectivity index (χ4v) is 2.20. The van der Waals surface area contributed by atoms with E-state index in [-0.39, 0.29) is 18.0 Å². The van der Waals surface area contributed by atoms with Crippen LogP contribution in [0.1, 0.15) is 62.0 Å². The van der Waals surface area contributed by atoms with Crippen LogP contribution in [0.3, 0.4) is 0 Å². The maximum atomic E-state index is 11.9. The van der Waals surface area contributed by atoms with Crippen LogP contribution in [0.15, 0.2) is 10.7 Å². The van der Waals surface area contributed by atoms with Crippen molar-refractivity contribution in [3.8, 4) is 0 Å². The van der Waals surface area contributed by atoms with E-state index in [1.165, 1.54) is 6.26 Å². The van der Waals surface area contributed by atoms with E-state index in [0.29, 0.717) is 11.6 Å². The number of rotatable bonds is 5. The number of hydrogen-bond acceptors (Lipinski definition) is 4. The standard InChI is InChI=1S/C13H21N3O2/c1-3-9(4-2)15-12(17)11-8-18-13(16-11)10-6-5-7-14-10/h8-10,14H,3-7H2,1-2H3,(H,15,17). The third-order valence-corrected chi connectivity index (χ3v) is 3.43. The number of oxazole rings is 1. The maximum absolute atomic E-state index is 11.9. The second-order valence-corrected chi connectivity index (χ2v) is 4.71. The van der Waals surface area contributed by atoms with E-state index in [2.05, 4.69) is 29.5 Å². The van der Waals surface area contributed by atoms with Gasteiger partial charge in [-0.3, -0.25) is 4.79 Å². The van der Waals surface area contributed by atoms with Crippen LogP contribution >= 0.6 is 0 Å². The molecule has 2 heterocycles. The molecule has 1 aromatic heterocycles. The Labute approximate surface area is 107 Å². The van der Waals surface area contributed by atoms with Crippen molar-refractivity contribution in [1.82, 2.24) is 15.6 Å². The molecule has 100 valence electrons. The molecule has 0 aromatic carbocycles. The molecule has 1 unspecified atom stereocenters. The van der Waals surface area contributed by atoms with E-state index in [1.54, 1.807) is 0 Å². The Morgan fingerprint density at radius 2 is 2.39 bits per heavy atom. The zero-order valence-corrected chi connectivity index (χ0v) is 11.0. The summed E-state index contributed by atoms with van der Waals surface area (Å²) in [5, 5.41) is 6.26. The van der Waals surface area contributed by atoms with Gasteiger partial charge in [0.25, 0.3) is 5.91 Å². The lowest BCUT2D eigenvalue weighted by molar-refractivity contribution is 0.0929. The SMILES string of the molecule is CCC(CC)NC(=O)c1coc(C2CCCN2)n1. The van der Waals surface area contributed by atoms with E-state index in [4.69, 9.17) is 4.42 Å². The molecule has 0 saturated carbocycles. The Bertz CT molecular complexity index is 393. The van der Waals surface area contributed by atoms with Crippen molar-refractivity contribution >= 4 is 5.91 Å². The van der Waals surface area contributed by atoms with Gasteiger partial charge in [0.15, 0.2) is 5.69 Å². The van der Waals surface area contributed by atoms with Crippen LogP contribution in [-0.4, -0.2) is 23.5 Å². The van der Waals surface area contributed by atoms with Crippen LogP contribution in [0.4, 0.5) is 0 Å². The molecular formula is C13H21N3O2. The van der Waals surface area contributed by atoms with Gasteiger partial charge in [-0.2, -0.15) is 0 Å². The van der Waals surface area contributed by atoms with Gasteiger partial charge >= 0.3 is 0 Å². The number of nitrogens with one attached hydrogen (secondary N) is 2. The second-order valence-electron chi connectivity index (χ2n) is 4.71. The van der Waals surface area contributed by atoms with Gasteiger partial charge in [-0.25, -0.2) is 4.98 Å². The largest absolute Gasteiger partial charge is 0.446 e. The van der Waals surface area contributed by atoms with Crippen molar-refractivity contribution in [2.24, 2.45) is 0 Å². The first-order valence-corrected chi connectivity index (χ1v) is 6.74. The van der Waals surface area contributed by atoms with Crippen molar-refractivity contribution in [1.29, 1.82) is 0 Å².